The predicted molar refractivity (Wildman–Crippen MR) is 137 cm³/mol. The lowest BCUT2D eigenvalue weighted by molar-refractivity contribution is 0.0957. The number of thioether (sulfide) groups is 1. The van der Waals surface area contributed by atoms with Crippen molar-refractivity contribution in [3.8, 4) is 10.7 Å². The van der Waals surface area contributed by atoms with Gasteiger partial charge in [-0.05, 0) is 49.8 Å². The molecule has 1 aromatic carbocycles. The molecule has 1 aliphatic heterocycles. The maximum atomic E-state index is 13.2. The monoisotopic (exact) mass is 492 g/mol. The van der Waals surface area contributed by atoms with Crippen LogP contribution >= 0.6 is 23.1 Å². The number of carbonyl (C=O) groups excluding carboxylic acids is 1. The zero-order valence-corrected chi connectivity index (χ0v) is 21.1. The van der Waals surface area contributed by atoms with E-state index in [-0.39, 0.29) is 11.9 Å². The molecule has 1 fully saturated rings. The summed E-state index contributed by atoms with van der Waals surface area (Å²) in [5.41, 5.74) is 4.08. The standard InChI is InChI=1S/C26H28N4O2S2/c1-18-14-22(19(2)29(18)16-21-10-6-12-32-21)23(31)17-34-26-28-27-25(24-11-7-13-33-24)30(26)15-20-8-4-3-5-9-20/h3-5,7-9,11,13-14,21H,6,10,12,15-17H2,1-2H3/t21-/m1/s1. The van der Waals surface area contributed by atoms with Crippen molar-refractivity contribution in [2.45, 2.75) is 51.0 Å². The Labute approximate surface area is 208 Å². The molecule has 0 radical (unpaired) electrons. The average molecular weight is 493 g/mol. The summed E-state index contributed by atoms with van der Waals surface area (Å²) in [4.78, 5) is 14.3. The van der Waals surface area contributed by atoms with Gasteiger partial charge in [0.1, 0.15) is 0 Å². The third-order valence-corrected chi connectivity index (χ3v) is 8.09. The number of hydrogen-bond acceptors (Lipinski definition) is 6. The molecule has 0 saturated carbocycles. The lowest BCUT2D eigenvalue weighted by Gasteiger charge is -2.14. The maximum Gasteiger partial charge on any atom is 0.192 e. The van der Waals surface area contributed by atoms with E-state index in [9.17, 15) is 4.79 Å². The first-order valence-electron chi connectivity index (χ1n) is 11.6. The van der Waals surface area contributed by atoms with Crippen LogP contribution in [0.3, 0.4) is 0 Å². The van der Waals surface area contributed by atoms with Crippen LogP contribution in [0.15, 0.2) is 59.1 Å². The minimum absolute atomic E-state index is 0.114. The van der Waals surface area contributed by atoms with Gasteiger partial charge in [0.25, 0.3) is 0 Å². The van der Waals surface area contributed by atoms with E-state index in [1.54, 1.807) is 11.3 Å². The number of thiophene rings is 1. The normalized spacial score (nSPS) is 15.8. The summed E-state index contributed by atoms with van der Waals surface area (Å²) < 4.78 is 10.1. The molecule has 4 aromatic rings. The van der Waals surface area contributed by atoms with Gasteiger partial charge in [0.2, 0.25) is 0 Å². The first-order valence-corrected chi connectivity index (χ1v) is 13.4. The zero-order valence-electron chi connectivity index (χ0n) is 19.4. The molecule has 6 nitrogen and oxygen atoms in total. The Hall–Kier alpha value is -2.68. The van der Waals surface area contributed by atoms with E-state index in [2.05, 4.69) is 44.5 Å². The van der Waals surface area contributed by atoms with Gasteiger partial charge in [-0.1, -0.05) is 48.2 Å². The Morgan fingerprint density at radius 2 is 2.00 bits per heavy atom. The fourth-order valence-corrected chi connectivity index (χ4v) is 5.99. The van der Waals surface area contributed by atoms with E-state index in [0.29, 0.717) is 12.3 Å². The van der Waals surface area contributed by atoms with Crippen LogP contribution in [0.4, 0.5) is 0 Å². The molecule has 8 heteroatoms. The molecule has 1 aliphatic rings. The van der Waals surface area contributed by atoms with Crippen LogP contribution < -0.4 is 0 Å². The number of benzene rings is 1. The fraction of sp³-hybridized carbons (Fsp3) is 0.346. The molecule has 0 amide bonds. The van der Waals surface area contributed by atoms with Crippen molar-refractivity contribution >= 4 is 28.9 Å². The zero-order chi connectivity index (χ0) is 23.5. The van der Waals surface area contributed by atoms with Crippen molar-refractivity contribution in [3.05, 3.63) is 76.4 Å². The van der Waals surface area contributed by atoms with Gasteiger partial charge in [-0.2, -0.15) is 0 Å². The second kappa shape index (κ2) is 10.3. The van der Waals surface area contributed by atoms with Gasteiger partial charge < -0.3 is 9.30 Å². The second-order valence-corrected chi connectivity index (χ2v) is 10.5. The summed E-state index contributed by atoms with van der Waals surface area (Å²) in [5.74, 6) is 1.27. The van der Waals surface area contributed by atoms with Crippen LogP contribution in [0, 0.1) is 13.8 Å². The molecule has 1 saturated heterocycles. The number of rotatable bonds is 9. The molecule has 0 aliphatic carbocycles. The highest BCUT2D eigenvalue weighted by molar-refractivity contribution is 7.99. The molecule has 0 spiro atoms. The van der Waals surface area contributed by atoms with E-state index in [4.69, 9.17) is 4.74 Å². The van der Waals surface area contributed by atoms with Crippen molar-refractivity contribution in [1.29, 1.82) is 0 Å². The molecule has 34 heavy (non-hydrogen) atoms. The largest absolute Gasteiger partial charge is 0.376 e. The quantitative estimate of drug-likeness (QED) is 0.224. The van der Waals surface area contributed by atoms with Gasteiger partial charge >= 0.3 is 0 Å². The van der Waals surface area contributed by atoms with Crippen LogP contribution in [-0.4, -0.2) is 43.6 Å². The highest BCUT2D eigenvalue weighted by Crippen LogP contribution is 2.29. The number of aromatic nitrogens is 4. The summed E-state index contributed by atoms with van der Waals surface area (Å²) in [6, 6.07) is 16.4. The Bertz CT molecular complexity index is 1260. The highest BCUT2D eigenvalue weighted by atomic mass is 32.2. The predicted octanol–water partition coefficient (Wildman–Crippen LogP) is 5.63. The van der Waals surface area contributed by atoms with E-state index >= 15 is 0 Å². The van der Waals surface area contributed by atoms with Crippen LogP contribution in [0.2, 0.25) is 0 Å². The van der Waals surface area contributed by atoms with Gasteiger partial charge in [-0.25, -0.2) is 0 Å². The van der Waals surface area contributed by atoms with Gasteiger partial charge in [0.05, 0.1) is 23.3 Å². The second-order valence-electron chi connectivity index (χ2n) is 8.60. The number of ether oxygens (including phenoxy) is 1. The number of Topliss-reactive ketones (excluding diaryl/α,β-unsaturated/α-hetero) is 1. The molecule has 0 bridgehead atoms. The number of hydrogen-bond donors (Lipinski definition) is 0. The van der Waals surface area contributed by atoms with Crippen LogP contribution in [-0.2, 0) is 17.8 Å². The molecular formula is C26H28N4O2S2. The van der Waals surface area contributed by atoms with Crippen LogP contribution in [0.5, 0.6) is 0 Å². The molecule has 5 rings (SSSR count). The van der Waals surface area contributed by atoms with Gasteiger partial charge in [-0.15, -0.1) is 21.5 Å². The number of nitrogens with zero attached hydrogens (tertiary/aromatic N) is 4. The first-order chi connectivity index (χ1) is 16.6. The van der Waals surface area contributed by atoms with Gasteiger partial charge in [0.15, 0.2) is 16.8 Å². The third-order valence-electron chi connectivity index (χ3n) is 6.26. The smallest absolute Gasteiger partial charge is 0.192 e. The van der Waals surface area contributed by atoms with E-state index in [1.807, 2.05) is 42.6 Å². The molecule has 0 unspecified atom stereocenters. The van der Waals surface area contributed by atoms with E-state index < -0.39 is 0 Å². The summed E-state index contributed by atoms with van der Waals surface area (Å²) in [6.07, 6.45) is 2.44. The first kappa shape index (κ1) is 23.1. The van der Waals surface area contributed by atoms with Crippen LogP contribution in [0.1, 0.15) is 40.2 Å². The summed E-state index contributed by atoms with van der Waals surface area (Å²) in [6.45, 7) is 6.41. The SMILES string of the molecule is Cc1cc(C(=O)CSc2nnc(-c3cccs3)n2Cc2ccccc2)c(C)n1C[C@H]1CCCO1. The fourth-order valence-electron chi connectivity index (χ4n) is 4.46. The highest BCUT2D eigenvalue weighted by Gasteiger charge is 2.22. The summed E-state index contributed by atoms with van der Waals surface area (Å²) in [5, 5.41) is 11.7. The third kappa shape index (κ3) is 4.89. The molecule has 3 aromatic heterocycles. The van der Waals surface area contributed by atoms with Crippen molar-refractivity contribution in [2.75, 3.05) is 12.4 Å². The molecule has 4 heterocycles. The average Bonchev–Trinajstić information content (AvgIpc) is 3.64. The van der Waals surface area contributed by atoms with E-state index in [0.717, 1.165) is 58.8 Å². The molecule has 0 N–H and O–H groups in total. The summed E-state index contributed by atoms with van der Waals surface area (Å²) >= 11 is 3.10. The Kier molecular flexibility index (Phi) is 6.99. The Balaban J connectivity index is 1.34. The number of carbonyl (C=O) groups is 1. The number of aryl methyl sites for hydroxylation is 1. The Morgan fingerprint density at radius 1 is 1.15 bits per heavy atom. The van der Waals surface area contributed by atoms with Crippen molar-refractivity contribution < 1.29 is 9.53 Å². The van der Waals surface area contributed by atoms with Crippen LogP contribution in [0.25, 0.3) is 10.7 Å². The maximum absolute atomic E-state index is 13.2. The molecule has 176 valence electrons. The Morgan fingerprint density at radius 3 is 2.74 bits per heavy atom. The van der Waals surface area contributed by atoms with Crippen molar-refractivity contribution in [1.82, 2.24) is 19.3 Å². The van der Waals surface area contributed by atoms with Gasteiger partial charge in [0, 0.05) is 30.1 Å². The topological polar surface area (TPSA) is 61.9 Å². The lowest BCUT2D eigenvalue weighted by atomic mass is 10.2. The van der Waals surface area contributed by atoms with Crippen molar-refractivity contribution in [2.24, 2.45) is 0 Å². The minimum Gasteiger partial charge on any atom is -0.376 e. The van der Waals surface area contributed by atoms with E-state index in [1.165, 1.54) is 17.3 Å². The van der Waals surface area contributed by atoms with Gasteiger partial charge in [-0.3, -0.25) is 9.36 Å². The molecular weight excluding hydrogens is 464 g/mol. The van der Waals surface area contributed by atoms with Crippen molar-refractivity contribution in [3.63, 3.8) is 0 Å². The number of ketones is 1. The minimum atomic E-state index is 0.114. The summed E-state index contributed by atoms with van der Waals surface area (Å²) in [7, 11) is 0. The lowest BCUT2D eigenvalue weighted by Crippen LogP contribution is -2.17. The molecule has 1 atom stereocenters.